The van der Waals surface area contributed by atoms with Crippen LogP contribution >= 0.6 is 0 Å². The van der Waals surface area contributed by atoms with Gasteiger partial charge in [-0.2, -0.15) is 0 Å². The number of primary amides is 1. The molecule has 1 aromatic carbocycles. The second-order valence-corrected chi connectivity index (χ2v) is 5.66. The molecule has 0 fully saturated rings. The van der Waals surface area contributed by atoms with E-state index < -0.39 is 6.04 Å². The summed E-state index contributed by atoms with van der Waals surface area (Å²) in [6, 6.07) is 5.44. The van der Waals surface area contributed by atoms with E-state index in [2.05, 4.69) is 26.1 Å². The normalized spacial score (nSPS) is 17.6. The van der Waals surface area contributed by atoms with Crippen molar-refractivity contribution in [1.82, 2.24) is 5.32 Å². The average Bonchev–Trinajstić information content (AvgIpc) is 2.63. The number of hydrogen-bond acceptors (Lipinski definition) is 3. The minimum atomic E-state index is -0.483. The van der Waals surface area contributed by atoms with Gasteiger partial charge in [-0.15, -0.1) is 0 Å². The summed E-state index contributed by atoms with van der Waals surface area (Å²) in [5, 5.41) is 3.19. The van der Waals surface area contributed by atoms with Crippen LogP contribution in [0, 0.1) is 0 Å². The van der Waals surface area contributed by atoms with Crippen molar-refractivity contribution in [2.75, 3.05) is 6.54 Å². The van der Waals surface area contributed by atoms with Gasteiger partial charge in [-0.1, -0.05) is 25.1 Å². The Morgan fingerprint density at radius 2 is 2.26 bits per heavy atom. The summed E-state index contributed by atoms with van der Waals surface area (Å²) in [6.45, 7) is 6.91. The fourth-order valence-corrected chi connectivity index (χ4v) is 2.52. The van der Waals surface area contributed by atoms with Gasteiger partial charge in [0.25, 0.3) is 0 Å². The average molecular weight is 262 g/mol. The molecule has 1 aliphatic heterocycles. The van der Waals surface area contributed by atoms with Crippen molar-refractivity contribution in [3.8, 4) is 5.75 Å². The Hall–Kier alpha value is -1.55. The Morgan fingerprint density at radius 3 is 2.89 bits per heavy atom. The maximum atomic E-state index is 11.7. The van der Waals surface area contributed by atoms with Crippen LogP contribution in [0.15, 0.2) is 18.2 Å². The van der Waals surface area contributed by atoms with Gasteiger partial charge in [0.05, 0.1) is 0 Å². The van der Waals surface area contributed by atoms with Crippen molar-refractivity contribution in [2.45, 2.75) is 45.3 Å². The molecule has 1 unspecified atom stereocenters. The van der Waals surface area contributed by atoms with E-state index in [1.807, 2.05) is 18.2 Å². The molecule has 0 aliphatic carbocycles. The molecule has 2 rings (SSSR count). The number of nitrogens with one attached hydrogen (secondary N) is 1. The number of amides is 1. The zero-order chi connectivity index (χ0) is 14.0. The largest absolute Gasteiger partial charge is 0.487 e. The molecule has 4 nitrogen and oxygen atoms in total. The van der Waals surface area contributed by atoms with Gasteiger partial charge in [-0.3, -0.25) is 4.79 Å². The first kappa shape index (κ1) is 13.9. The zero-order valence-electron chi connectivity index (χ0n) is 11.8. The third kappa shape index (κ3) is 2.89. The Labute approximate surface area is 114 Å². The van der Waals surface area contributed by atoms with E-state index >= 15 is 0 Å². The number of rotatable bonds is 5. The van der Waals surface area contributed by atoms with Crippen LogP contribution in [-0.2, 0) is 11.2 Å². The maximum Gasteiger partial charge on any atom is 0.239 e. The third-order valence-electron chi connectivity index (χ3n) is 3.32. The molecule has 4 heteroatoms. The minimum Gasteiger partial charge on any atom is -0.487 e. The van der Waals surface area contributed by atoms with Gasteiger partial charge >= 0.3 is 0 Å². The molecule has 1 heterocycles. The number of ether oxygens (including phenoxy) is 1. The van der Waals surface area contributed by atoms with Gasteiger partial charge in [0, 0.05) is 12.0 Å². The monoisotopic (exact) mass is 262 g/mol. The lowest BCUT2D eigenvalue weighted by atomic mass is 9.98. The molecule has 0 spiro atoms. The van der Waals surface area contributed by atoms with Crippen LogP contribution in [0.25, 0.3) is 0 Å². The molecular weight excluding hydrogens is 240 g/mol. The van der Waals surface area contributed by atoms with E-state index in [0.717, 1.165) is 36.3 Å². The highest BCUT2D eigenvalue weighted by Crippen LogP contribution is 2.39. The van der Waals surface area contributed by atoms with Crippen molar-refractivity contribution in [1.29, 1.82) is 0 Å². The molecule has 104 valence electrons. The Bertz CT molecular complexity index is 483. The fourth-order valence-electron chi connectivity index (χ4n) is 2.52. The predicted molar refractivity (Wildman–Crippen MR) is 75.1 cm³/mol. The molecule has 1 atom stereocenters. The zero-order valence-corrected chi connectivity index (χ0v) is 11.8. The van der Waals surface area contributed by atoms with Crippen LogP contribution in [-0.4, -0.2) is 18.1 Å². The summed E-state index contributed by atoms with van der Waals surface area (Å²) in [4.78, 5) is 11.7. The van der Waals surface area contributed by atoms with E-state index in [-0.39, 0.29) is 11.5 Å². The summed E-state index contributed by atoms with van der Waals surface area (Å²) < 4.78 is 5.99. The quantitative estimate of drug-likeness (QED) is 0.852. The molecule has 3 N–H and O–H groups in total. The van der Waals surface area contributed by atoms with Crippen LogP contribution < -0.4 is 15.8 Å². The number of nitrogens with two attached hydrogens (primary N) is 1. The lowest BCUT2D eigenvalue weighted by Gasteiger charge is -2.21. The summed E-state index contributed by atoms with van der Waals surface area (Å²) in [5.41, 5.74) is 7.29. The third-order valence-corrected chi connectivity index (χ3v) is 3.32. The summed E-state index contributed by atoms with van der Waals surface area (Å²) in [6.07, 6.45) is 1.81. The van der Waals surface area contributed by atoms with Gasteiger partial charge in [-0.05, 0) is 32.4 Å². The topological polar surface area (TPSA) is 64.3 Å². The second kappa shape index (κ2) is 5.21. The standard InChI is InChI=1S/C15H22N2O2/c1-4-8-17-12(14(16)18)11-7-5-6-10-9-15(2,3)19-13(10)11/h5-7,12,17H,4,8-9H2,1-3H3,(H2,16,18). The molecule has 1 aromatic rings. The number of fused-ring (bicyclic) bond motifs is 1. The van der Waals surface area contributed by atoms with Gasteiger partial charge in [-0.25, -0.2) is 0 Å². The fraction of sp³-hybridized carbons (Fsp3) is 0.533. The van der Waals surface area contributed by atoms with Crippen LogP contribution in [0.3, 0.4) is 0 Å². The molecule has 0 bridgehead atoms. The smallest absolute Gasteiger partial charge is 0.239 e. The highest BCUT2D eigenvalue weighted by atomic mass is 16.5. The van der Waals surface area contributed by atoms with E-state index in [9.17, 15) is 4.79 Å². The molecule has 0 saturated heterocycles. The van der Waals surface area contributed by atoms with E-state index in [4.69, 9.17) is 10.5 Å². The lowest BCUT2D eigenvalue weighted by molar-refractivity contribution is -0.120. The van der Waals surface area contributed by atoms with Crippen LogP contribution in [0.4, 0.5) is 0 Å². The summed E-state index contributed by atoms with van der Waals surface area (Å²) >= 11 is 0. The number of carbonyl (C=O) groups is 1. The number of hydrogen-bond donors (Lipinski definition) is 2. The number of benzene rings is 1. The van der Waals surface area contributed by atoms with E-state index in [1.54, 1.807) is 0 Å². The molecule has 0 saturated carbocycles. The van der Waals surface area contributed by atoms with Crippen molar-refractivity contribution < 1.29 is 9.53 Å². The molecule has 0 aromatic heterocycles. The SMILES string of the molecule is CCCNC(C(N)=O)c1cccc2c1OC(C)(C)C2. The van der Waals surface area contributed by atoms with Gasteiger partial charge in [0.15, 0.2) is 0 Å². The van der Waals surface area contributed by atoms with Gasteiger partial charge < -0.3 is 15.8 Å². The predicted octanol–water partition coefficient (Wildman–Crippen LogP) is 1.93. The second-order valence-electron chi connectivity index (χ2n) is 5.66. The Kier molecular flexibility index (Phi) is 3.80. The lowest BCUT2D eigenvalue weighted by Crippen LogP contribution is -2.34. The van der Waals surface area contributed by atoms with Crippen LogP contribution in [0.5, 0.6) is 5.75 Å². The van der Waals surface area contributed by atoms with Crippen LogP contribution in [0.2, 0.25) is 0 Å². The van der Waals surface area contributed by atoms with E-state index in [0.29, 0.717) is 0 Å². The van der Waals surface area contributed by atoms with Gasteiger partial charge in [0.1, 0.15) is 17.4 Å². The summed E-state index contributed by atoms with van der Waals surface area (Å²) in [5.74, 6) is 0.454. The highest BCUT2D eigenvalue weighted by molar-refractivity contribution is 5.82. The minimum absolute atomic E-state index is 0.217. The first-order valence-electron chi connectivity index (χ1n) is 6.78. The molecule has 1 aliphatic rings. The molecule has 0 radical (unpaired) electrons. The number of para-hydroxylation sites is 1. The number of carbonyl (C=O) groups excluding carboxylic acids is 1. The Morgan fingerprint density at radius 1 is 1.53 bits per heavy atom. The van der Waals surface area contributed by atoms with Crippen molar-refractivity contribution in [3.63, 3.8) is 0 Å². The first-order chi connectivity index (χ1) is 8.94. The van der Waals surface area contributed by atoms with Crippen molar-refractivity contribution >= 4 is 5.91 Å². The van der Waals surface area contributed by atoms with Gasteiger partial charge in [0.2, 0.25) is 5.91 Å². The van der Waals surface area contributed by atoms with E-state index in [1.165, 1.54) is 0 Å². The van der Waals surface area contributed by atoms with Crippen molar-refractivity contribution in [2.24, 2.45) is 5.73 Å². The molecular formula is C15H22N2O2. The van der Waals surface area contributed by atoms with Crippen LogP contribution in [0.1, 0.15) is 44.4 Å². The first-order valence-corrected chi connectivity index (χ1v) is 6.78. The molecule has 1 amide bonds. The molecule has 19 heavy (non-hydrogen) atoms. The Balaban J connectivity index is 2.35. The highest BCUT2D eigenvalue weighted by Gasteiger charge is 2.34. The summed E-state index contributed by atoms with van der Waals surface area (Å²) in [7, 11) is 0. The maximum absolute atomic E-state index is 11.7. The van der Waals surface area contributed by atoms with Crippen molar-refractivity contribution in [3.05, 3.63) is 29.3 Å².